The average molecular weight is 401 g/mol. The second-order valence-electron chi connectivity index (χ2n) is 9.48. The van der Waals surface area contributed by atoms with Crippen LogP contribution < -0.4 is 5.73 Å². The first-order valence-corrected chi connectivity index (χ1v) is 10.7. The number of carbonyl (C=O) groups is 2. The Morgan fingerprint density at radius 2 is 2.00 bits per heavy atom. The molecule has 0 aromatic heterocycles. The molecule has 2 saturated carbocycles. The van der Waals surface area contributed by atoms with E-state index in [1.807, 2.05) is 13.8 Å². The molecule has 6 nitrogen and oxygen atoms in total. The molecule has 29 heavy (non-hydrogen) atoms. The quantitative estimate of drug-likeness (QED) is 0.720. The van der Waals surface area contributed by atoms with Gasteiger partial charge in [0, 0.05) is 35.9 Å². The molecule has 1 aliphatic heterocycles. The first kappa shape index (κ1) is 20.4. The van der Waals surface area contributed by atoms with Crippen molar-refractivity contribution < 1.29 is 19.8 Å². The van der Waals surface area contributed by atoms with Gasteiger partial charge in [-0.3, -0.25) is 14.5 Å². The number of aryl methyl sites for hydroxylation is 1. The largest absolute Gasteiger partial charge is 0.507 e. The molecule has 0 radical (unpaired) electrons. The number of nitrogens with two attached hydrogens (primary N) is 1. The van der Waals surface area contributed by atoms with E-state index in [-0.39, 0.29) is 29.6 Å². The lowest BCUT2D eigenvalue weighted by atomic mass is 9.52. The zero-order valence-electron chi connectivity index (χ0n) is 17.6. The molecule has 158 valence electrons. The van der Waals surface area contributed by atoms with E-state index in [0.29, 0.717) is 36.8 Å². The highest BCUT2D eigenvalue weighted by molar-refractivity contribution is 5.96. The molecule has 1 heterocycles. The van der Waals surface area contributed by atoms with Gasteiger partial charge in [-0.25, -0.2) is 0 Å². The lowest BCUT2D eigenvalue weighted by Crippen LogP contribution is -2.71. The van der Waals surface area contributed by atoms with E-state index in [4.69, 9.17) is 5.73 Å². The molecule has 1 aromatic rings. The Labute approximate surface area is 172 Å². The fraction of sp³-hybridized carbons (Fsp3) is 0.652. The number of amides is 1. The summed E-state index contributed by atoms with van der Waals surface area (Å²) in [5.41, 5.74) is 4.74. The molecular weight excluding hydrogens is 368 g/mol. The third-order valence-corrected chi connectivity index (χ3v) is 8.06. The van der Waals surface area contributed by atoms with E-state index in [0.717, 1.165) is 12.1 Å². The summed E-state index contributed by atoms with van der Waals surface area (Å²) in [7, 11) is 0. The number of benzene rings is 1. The number of primary amides is 1. The molecule has 4 rings (SSSR count). The summed E-state index contributed by atoms with van der Waals surface area (Å²) in [6.45, 7) is 6.88. The lowest BCUT2D eigenvalue weighted by Gasteiger charge is -2.61. The predicted octanol–water partition coefficient (Wildman–Crippen LogP) is 2.41. The minimum Gasteiger partial charge on any atom is -0.507 e. The van der Waals surface area contributed by atoms with Gasteiger partial charge >= 0.3 is 0 Å². The van der Waals surface area contributed by atoms with Crippen LogP contribution in [0.5, 0.6) is 5.75 Å². The van der Waals surface area contributed by atoms with Crippen molar-refractivity contribution in [1.29, 1.82) is 0 Å². The number of hydrogen-bond donors (Lipinski definition) is 3. The van der Waals surface area contributed by atoms with Gasteiger partial charge in [0.15, 0.2) is 0 Å². The Kier molecular flexibility index (Phi) is 4.78. The summed E-state index contributed by atoms with van der Waals surface area (Å²) >= 11 is 0. The summed E-state index contributed by atoms with van der Waals surface area (Å²) in [5, 5.41) is 23.2. The van der Waals surface area contributed by atoms with Gasteiger partial charge in [0.1, 0.15) is 11.5 Å². The summed E-state index contributed by atoms with van der Waals surface area (Å²) in [6, 6.07) is 3.50. The van der Waals surface area contributed by atoms with E-state index in [1.165, 1.54) is 18.9 Å². The summed E-state index contributed by atoms with van der Waals surface area (Å²) < 4.78 is 0. The minimum atomic E-state index is -1.17. The first-order chi connectivity index (χ1) is 13.6. The predicted molar refractivity (Wildman–Crippen MR) is 110 cm³/mol. The molecule has 3 fully saturated rings. The van der Waals surface area contributed by atoms with Gasteiger partial charge in [0.2, 0.25) is 0 Å². The van der Waals surface area contributed by atoms with Crippen LogP contribution in [0.3, 0.4) is 0 Å². The number of likely N-dealkylation sites (tertiary alicyclic amines) is 1. The molecular formula is C23H32N2O4. The third-order valence-electron chi connectivity index (χ3n) is 8.06. The fourth-order valence-corrected chi connectivity index (χ4v) is 6.18. The van der Waals surface area contributed by atoms with E-state index in [9.17, 15) is 19.8 Å². The number of ketones is 1. The molecule has 4 atom stereocenters. The minimum absolute atomic E-state index is 0.0433. The van der Waals surface area contributed by atoms with Crippen LogP contribution in [0, 0.1) is 12.8 Å². The van der Waals surface area contributed by atoms with Crippen LogP contribution in [0.2, 0.25) is 0 Å². The second kappa shape index (κ2) is 6.81. The lowest BCUT2D eigenvalue weighted by molar-refractivity contribution is -0.170. The van der Waals surface area contributed by atoms with E-state index in [2.05, 4.69) is 11.8 Å². The van der Waals surface area contributed by atoms with Crippen molar-refractivity contribution in [3.05, 3.63) is 28.8 Å². The van der Waals surface area contributed by atoms with Gasteiger partial charge in [-0.2, -0.15) is 0 Å². The highest BCUT2D eigenvalue weighted by Crippen LogP contribution is 2.57. The zero-order chi connectivity index (χ0) is 21.1. The van der Waals surface area contributed by atoms with Gasteiger partial charge in [-0.05, 0) is 70.5 Å². The van der Waals surface area contributed by atoms with Crippen LogP contribution in [0.25, 0.3) is 0 Å². The normalized spacial score (nSPS) is 33.9. The van der Waals surface area contributed by atoms with Gasteiger partial charge in [-0.15, -0.1) is 0 Å². The summed E-state index contributed by atoms with van der Waals surface area (Å²) in [5.74, 6) is -0.124. The van der Waals surface area contributed by atoms with Crippen molar-refractivity contribution in [2.45, 2.75) is 82.4 Å². The number of fused-ring (bicyclic) bond motifs is 1. The van der Waals surface area contributed by atoms with Gasteiger partial charge in [-0.1, -0.05) is 6.07 Å². The monoisotopic (exact) mass is 400 g/mol. The number of hydrogen-bond acceptors (Lipinski definition) is 5. The number of piperidine rings is 1. The van der Waals surface area contributed by atoms with Gasteiger partial charge in [0.25, 0.3) is 5.91 Å². The second-order valence-corrected chi connectivity index (χ2v) is 9.48. The number of Topliss-reactive ketones (excluding diaryl/α,β-unsaturated/α-hetero) is 1. The molecule has 1 amide bonds. The van der Waals surface area contributed by atoms with Crippen LogP contribution in [0.1, 0.15) is 73.9 Å². The molecule has 6 heteroatoms. The molecule has 1 aromatic carbocycles. The molecule has 3 unspecified atom stereocenters. The van der Waals surface area contributed by atoms with Crippen LogP contribution in [0.15, 0.2) is 12.1 Å². The maximum atomic E-state index is 12.6. The van der Waals surface area contributed by atoms with E-state index >= 15 is 0 Å². The van der Waals surface area contributed by atoms with E-state index < -0.39 is 16.9 Å². The van der Waals surface area contributed by atoms with Crippen LogP contribution in [-0.2, 0) is 10.2 Å². The van der Waals surface area contributed by atoms with Crippen molar-refractivity contribution >= 4 is 11.7 Å². The molecule has 3 aliphatic rings. The molecule has 0 bridgehead atoms. The smallest absolute Gasteiger partial charge is 0.252 e. The number of rotatable bonds is 4. The molecule has 1 saturated heterocycles. The molecule has 2 aliphatic carbocycles. The van der Waals surface area contributed by atoms with Crippen LogP contribution in [-0.4, -0.2) is 51.0 Å². The Morgan fingerprint density at radius 3 is 2.62 bits per heavy atom. The summed E-state index contributed by atoms with van der Waals surface area (Å²) in [4.78, 5) is 26.9. The molecule has 4 N–H and O–H groups in total. The van der Waals surface area contributed by atoms with Crippen molar-refractivity contribution in [3.8, 4) is 5.75 Å². The highest BCUT2D eigenvalue weighted by atomic mass is 16.3. The number of aliphatic hydroxyl groups is 1. The highest BCUT2D eigenvalue weighted by Gasteiger charge is 2.63. The Bertz CT molecular complexity index is 865. The Hall–Kier alpha value is -1.92. The maximum Gasteiger partial charge on any atom is 0.252 e. The topological polar surface area (TPSA) is 104 Å². The third kappa shape index (κ3) is 2.91. The number of nitrogens with zero attached hydrogens (tertiary/aromatic N) is 1. The standard InChI is InChI=1S/C23H32N2O4/c1-13-4-7-18(21(24)28)20(27)19(13)22-10-11-25(14(2)16-5-6-16)15(3)23(22,29)9-8-17(26)12-22/h4,7,14-16,27,29H,5-6,8-12H2,1-3H3,(H2,24,28)/t14?,15?,22?,23-/m1/s1. The summed E-state index contributed by atoms with van der Waals surface area (Å²) in [6.07, 6.45) is 3.90. The maximum absolute atomic E-state index is 12.6. The van der Waals surface area contributed by atoms with Crippen molar-refractivity contribution in [3.63, 3.8) is 0 Å². The van der Waals surface area contributed by atoms with Gasteiger partial charge in [0.05, 0.1) is 11.2 Å². The van der Waals surface area contributed by atoms with Gasteiger partial charge < -0.3 is 15.9 Å². The molecule has 0 spiro atoms. The number of aromatic hydroxyl groups is 1. The van der Waals surface area contributed by atoms with Crippen molar-refractivity contribution in [2.24, 2.45) is 11.7 Å². The van der Waals surface area contributed by atoms with Crippen molar-refractivity contribution in [2.75, 3.05) is 6.54 Å². The number of phenols is 1. The Balaban J connectivity index is 1.87. The number of carbonyl (C=O) groups excluding carboxylic acids is 2. The first-order valence-electron chi connectivity index (χ1n) is 10.7. The SMILES string of the molecule is Cc1ccc(C(N)=O)c(O)c1C12CCN(C(C)C3CC3)C(C)[C@]1(O)CCC(=O)C2. The fourth-order valence-electron chi connectivity index (χ4n) is 6.18. The average Bonchev–Trinajstić information content (AvgIpc) is 3.48. The zero-order valence-corrected chi connectivity index (χ0v) is 17.6. The van der Waals surface area contributed by atoms with Crippen LogP contribution >= 0.6 is 0 Å². The van der Waals surface area contributed by atoms with E-state index in [1.54, 1.807) is 6.07 Å². The Morgan fingerprint density at radius 1 is 1.31 bits per heavy atom. The van der Waals surface area contributed by atoms with Crippen LogP contribution in [0.4, 0.5) is 0 Å². The van der Waals surface area contributed by atoms with Crippen molar-refractivity contribution in [1.82, 2.24) is 4.90 Å².